The number of nitrogens with zero attached hydrogens (tertiary/aromatic N) is 3. The van der Waals surface area contributed by atoms with Gasteiger partial charge in [0, 0.05) is 17.0 Å². The summed E-state index contributed by atoms with van der Waals surface area (Å²) < 4.78 is 38.8. The van der Waals surface area contributed by atoms with Crippen LogP contribution in [0.15, 0.2) is 47.6 Å². The molecular weight excluding hydrogens is 485 g/mol. The average Bonchev–Trinajstić information content (AvgIpc) is 3.09. The van der Waals surface area contributed by atoms with Gasteiger partial charge in [0.2, 0.25) is 5.91 Å². The van der Waals surface area contributed by atoms with E-state index in [1.807, 2.05) is 12.1 Å². The van der Waals surface area contributed by atoms with Crippen LogP contribution in [0.25, 0.3) is 0 Å². The number of halogens is 4. The van der Waals surface area contributed by atoms with Crippen molar-refractivity contribution >= 4 is 40.7 Å². The number of carbonyl (C=O) groups excluding carboxylic acids is 1. The first kappa shape index (κ1) is 25.9. The van der Waals surface area contributed by atoms with Gasteiger partial charge in [-0.1, -0.05) is 30.7 Å². The Bertz CT molecular complexity index is 1110. The molecule has 180 valence electrons. The molecule has 0 fully saturated rings. The van der Waals surface area contributed by atoms with Crippen LogP contribution >= 0.6 is 23.4 Å². The molecule has 1 unspecified atom stereocenters. The highest BCUT2D eigenvalue weighted by Gasteiger charge is 2.39. The Kier molecular flexibility index (Phi) is 8.16. The Morgan fingerprint density at radius 2 is 2.00 bits per heavy atom. The van der Waals surface area contributed by atoms with Crippen LogP contribution in [-0.2, 0) is 11.0 Å². The molecule has 1 amide bonds. The second kappa shape index (κ2) is 10.7. The SMILES string of the molecule is CSCCCC1(C)CN(CC(=O)Nc2ccc(C(F)(F)F)cc2C#N)N=C1c1ccc(Cl)cc1. The summed E-state index contributed by atoms with van der Waals surface area (Å²) >= 11 is 7.80. The minimum Gasteiger partial charge on any atom is -0.323 e. The lowest BCUT2D eigenvalue weighted by Crippen LogP contribution is -2.35. The lowest BCUT2D eigenvalue weighted by Gasteiger charge is -2.26. The van der Waals surface area contributed by atoms with Gasteiger partial charge in [-0.3, -0.25) is 9.80 Å². The highest BCUT2D eigenvalue weighted by atomic mass is 35.5. The van der Waals surface area contributed by atoms with Gasteiger partial charge in [-0.05, 0) is 60.7 Å². The molecule has 34 heavy (non-hydrogen) atoms. The third-order valence-electron chi connectivity index (χ3n) is 5.61. The first-order valence-electron chi connectivity index (χ1n) is 10.6. The van der Waals surface area contributed by atoms with Crippen molar-refractivity contribution in [3.63, 3.8) is 0 Å². The number of anilines is 1. The van der Waals surface area contributed by atoms with Crippen molar-refractivity contribution in [1.29, 1.82) is 5.26 Å². The van der Waals surface area contributed by atoms with Gasteiger partial charge in [0.05, 0.1) is 22.5 Å². The Balaban J connectivity index is 1.77. The molecule has 1 N–H and O–H groups in total. The van der Waals surface area contributed by atoms with Crippen LogP contribution in [0.2, 0.25) is 5.02 Å². The molecule has 1 aliphatic rings. The van der Waals surface area contributed by atoms with Crippen LogP contribution in [0.1, 0.15) is 36.5 Å². The van der Waals surface area contributed by atoms with Crippen LogP contribution < -0.4 is 5.32 Å². The summed E-state index contributed by atoms with van der Waals surface area (Å²) in [6.45, 7) is 2.54. The van der Waals surface area contributed by atoms with Crippen molar-refractivity contribution in [3.8, 4) is 6.07 Å². The Labute approximate surface area is 206 Å². The smallest absolute Gasteiger partial charge is 0.323 e. The monoisotopic (exact) mass is 508 g/mol. The standard InChI is InChI=1S/C24H24ClF3N4OS/c1-23(10-3-11-34-2)15-32(31-22(23)16-4-7-19(25)8-5-16)14-21(33)30-20-9-6-18(24(26,27)28)12-17(20)13-29/h4-9,12H,3,10-11,14-15H2,1-2H3,(H,30,33). The molecule has 5 nitrogen and oxygen atoms in total. The first-order chi connectivity index (χ1) is 16.1. The minimum absolute atomic E-state index is 0.0318. The molecule has 0 saturated heterocycles. The van der Waals surface area contributed by atoms with Gasteiger partial charge in [0.25, 0.3) is 0 Å². The fourth-order valence-corrected chi connectivity index (χ4v) is 4.52. The molecular formula is C24H24ClF3N4OS. The highest BCUT2D eigenvalue weighted by Crippen LogP contribution is 2.36. The van der Waals surface area contributed by atoms with Gasteiger partial charge in [-0.15, -0.1) is 0 Å². The maximum atomic E-state index is 12.9. The molecule has 0 aromatic heterocycles. The van der Waals surface area contributed by atoms with Gasteiger partial charge in [-0.2, -0.15) is 35.3 Å². The first-order valence-corrected chi connectivity index (χ1v) is 12.3. The summed E-state index contributed by atoms with van der Waals surface area (Å²) in [5, 5.41) is 18.8. The molecule has 3 rings (SSSR count). The summed E-state index contributed by atoms with van der Waals surface area (Å²) in [5.74, 6) is 0.540. The molecule has 0 bridgehead atoms. The number of benzene rings is 2. The molecule has 0 aliphatic carbocycles. The van der Waals surface area contributed by atoms with Crippen LogP contribution in [0.4, 0.5) is 18.9 Å². The number of thioether (sulfide) groups is 1. The molecule has 1 heterocycles. The highest BCUT2D eigenvalue weighted by molar-refractivity contribution is 7.98. The topological polar surface area (TPSA) is 68.5 Å². The second-order valence-corrected chi connectivity index (χ2v) is 9.78. The van der Waals surface area contributed by atoms with Crippen molar-refractivity contribution in [2.75, 3.05) is 30.4 Å². The quantitative estimate of drug-likeness (QED) is 0.441. The van der Waals surface area contributed by atoms with E-state index in [0.29, 0.717) is 11.6 Å². The van der Waals surface area contributed by atoms with E-state index in [2.05, 4.69) is 18.5 Å². The molecule has 0 spiro atoms. The van der Waals surface area contributed by atoms with E-state index in [4.69, 9.17) is 16.7 Å². The van der Waals surface area contributed by atoms with Crippen LogP contribution in [-0.4, -0.2) is 41.7 Å². The lowest BCUT2D eigenvalue weighted by atomic mass is 9.78. The van der Waals surface area contributed by atoms with Crippen LogP contribution in [0.5, 0.6) is 0 Å². The second-order valence-electron chi connectivity index (χ2n) is 8.35. The molecule has 2 aromatic rings. The van der Waals surface area contributed by atoms with Crippen molar-refractivity contribution in [1.82, 2.24) is 5.01 Å². The average molecular weight is 509 g/mol. The number of carbonyl (C=O) groups is 1. The number of nitriles is 1. The third-order valence-corrected chi connectivity index (χ3v) is 6.56. The van der Waals surface area contributed by atoms with Crippen LogP contribution in [0.3, 0.4) is 0 Å². The van der Waals surface area contributed by atoms with Gasteiger partial charge in [0.15, 0.2) is 0 Å². The number of nitrogens with one attached hydrogen (secondary N) is 1. The molecule has 1 atom stereocenters. The van der Waals surface area contributed by atoms with Crippen molar-refractivity contribution in [2.45, 2.75) is 25.9 Å². The van der Waals surface area contributed by atoms with Crippen molar-refractivity contribution in [2.24, 2.45) is 10.5 Å². The number of amides is 1. The molecule has 2 aromatic carbocycles. The van der Waals surface area contributed by atoms with Gasteiger partial charge < -0.3 is 5.32 Å². The summed E-state index contributed by atoms with van der Waals surface area (Å²) in [6, 6.07) is 11.8. The maximum Gasteiger partial charge on any atom is 0.416 e. The normalized spacial score (nSPS) is 17.9. The van der Waals surface area contributed by atoms with E-state index in [1.165, 1.54) is 0 Å². The Morgan fingerprint density at radius 1 is 1.29 bits per heavy atom. The van der Waals surface area contributed by atoms with Crippen molar-refractivity contribution in [3.05, 3.63) is 64.2 Å². The summed E-state index contributed by atoms with van der Waals surface area (Å²) in [7, 11) is 0. The van der Waals surface area contributed by atoms with E-state index in [1.54, 1.807) is 35.0 Å². The van der Waals surface area contributed by atoms with E-state index >= 15 is 0 Å². The number of hydrogen-bond acceptors (Lipinski definition) is 5. The number of hydrogen-bond donors (Lipinski definition) is 1. The largest absolute Gasteiger partial charge is 0.416 e. The Hall–Kier alpha value is -2.70. The van der Waals surface area contributed by atoms with Crippen LogP contribution in [0, 0.1) is 16.7 Å². The third kappa shape index (κ3) is 6.24. The van der Waals surface area contributed by atoms with E-state index < -0.39 is 17.6 Å². The van der Waals surface area contributed by atoms with Crippen molar-refractivity contribution < 1.29 is 18.0 Å². The zero-order chi connectivity index (χ0) is 24.9. The zero-order valence-electron chi connectivity index (χ0n) is 18.7. The maximum absolute atomic E-state index is 12.9. The van der Waals surface area contributed by atoms with Gasteiger partial charge >= 0.3 is 6.18 Å². The summed E-state index contributed by atoms with van der Waals surface area (Å²) in [6.07, 6.45) is -0.651. The van der Waals surface area contributed by atoms with E-state index in [-0.39, 0.29) is 23.2 Å². The summed E-state index contributed by atoms with van der Waals surface area (Å²) in [4.78, 5) is 12.7. The van der Waals surface area contributed by atoms with Gasteiger partial charge in [-0.25, -0.2) is 0 Å². The fraction of sp³-hybridized carbons (Fsp3) is 0.375. The zero-order valence-corrected chi connectivity index (χ0v) is 20.3. The molecule has 0 radical (unpaired) electrons. The fourth-order valence-electron chi connectivity index (χ4n) is 3.96. The lowest BCUT2D eigenvalue weighted by molar-refractivity contribution is -0.137. The number of rotatable bonds is 8. The molecule has 1 aliphatic heterocycles. The minimum atomic E-state index is -4.57. The molecule has 0 saturated carbocycles. The molecule has 10 heteroatoms. The number of hydrazone groups is 1. The number of alkyl halides is 3. The predicted octanol–water partition coefficient (Wildman–Crippen LogP) is 6.04. The summed E-state index contributed by atoms with van der Waals surface area (Å²) in [5.41, 5.74) is 0.343. The Morgan fingerprint density at radius 3 is 2.62 bits per heavy atom. The van der Waals surface area contributed by atoms with Gasteiger partial charge in [0.1, 0.15) is 12.6 Å². The van der Waals surface area contributed by atoms with E-state index in [9.17, 15) is 23.2 Å². The van der Waals surface area contributed by atoms with E-state index in [0.717, 1.165) is 48.1 Å². The predicted molar refractivity (Wildman–Crippen MR) is 130 cm³/mol.